The van der Waals surface area contributed by atoms with E-state index in [1.807, 2.05) is 0 Å². The fraction of sp³-hybridized carbons (Fsp3) is 0.517. The Morgan fingerprint density at radius 1 is 0.719 bits per heavy atom. The molecule has 0 spiro atoms. The lowest BCUT2D eigenvalue weighted by molar-refractivity contribution is -0.384. The van der Waals surface area contributed by atoms with Gasteiger partial charge in [0.1, 0.15) is 13.2 Å². The van der Waals surface area contributed by atoms with Gasteiger partial charge in [0.15, 0.2) is 11.4 Å². The summed E-state index contributed by atoms with van der Waals surface area (Å²) in [5.74, 6) is -9.18. The van der Waals surface area contributed by atoms with E-state index in [4.69, 9.17) is 25.5 Å². The van der Waals surface area contributed by atoms with Crippen molar-refractivity contribution in [3.8, 4) is 0 Å². The Morgan fingerprint density at radius 2 is 1.18 bits per heavy atom. The highest BCUT2D eigenvalue weighted by molar-refractivity contribution is 7.48. The van der Waals surface area contributed by atoms with Gasteiger partial charge in [0.25, 0.3) is 5.69 Å². The van der Waals surface area contributed by atoms with Crippen LogP contribution in [0.15, 0.2) is 24.3 Å². The largest absolute Gasteiger partial charge is 0.589 e. The van der Waals surface area contributed by atoms with Crippen LogP contribution < -0.4 is 24.6 Å². The van der Waals surface area contributed by atoms with Gasteiger partial charge < -0.3 is 73.8 Å². The van der Waals surface area contributed by atoms with E-state index in [-0.39, 0.29) is 93.7 Å². The molecular formula is C29H52N5O22P. The Bertz CT molecular complexity index is 1440. The number of ketones is 1. The third kappa shape index (κ3) is 33.5. The normalized spacial score (nSPS) is 11.5. The van der Waals surface area contributed by atoms with Crippen molar-refractivity contribution in [1.82, 2.24) is 24.6 Å². The smallest absolute Gasteiger partial charge is 0.481 e. The van der Waals surface area contributed by atoms with Crippen LogP contribution in [-0.2, 0) is 56.6 Å². The second-order valence-corrected chi connectivity index (χ2v) is 11.5. The third-order valence-electron chi connectivity index (χ3n) is 5.67. The van der Waals surface area contributed by atoms with E-state index in [9.17, 15) is 63.0 Å². The lowest BCUT2D eigenvalue weighted by Gasteiger charge is -2.20. The van der Waals surface area contributed by atoms with E-state index in [0.29, 0.717) is 18.4 Å². The number of aliphatic hydroxyl groups excluding tert-OH is 2. The molecule has 0 aliphatic heterocycles. The number of phosphoric acid groups is 1. The summed E-state index contributed by atoms with van der Waals surface area (Å²) in [6.45, 7) is 1.03. The van der Waals surface area contributed by atoms with E-state index in [1.54, 1.807) is 6.07 Å². The van der Waals surface area contributed by atoms with Crippen molar-refractivity contribution in [2.45, 2.75) is 70.3 Å². The Balaban J connectivity index is -0.000000176. The molecule has 0 heterocycles. The van der Waals surface area contributed by atoms with Crippen LogP contribution in [0.5, 0.6) is 0 Å². The molecule has 0 aliphatic carbocycles. The van der Waals surface area contributed by atoms with Gasteiger partial charge in [0.05, 0.1) is 31.0 Å². The van der Waals surface area contributed by atoms with Crippen LogP contribution in [0.4, 0.5) is 5.69 Å². The summed E-state index contributed by atoms with van der Waals surface area (Å²) in [5, 5.41) is 62.2. The van der Waals surface area contributed by atoms with E-state index in [1.165, 1.54) is 25.1 Å². The van der Waals surface area contributed by atoms with Crippen LogP contribution in [0.25, 0.3) is 0 Å². The number of hydrogen-bond acceptors (Lipinski definition) is 22. The fourth-order valence-corrected chi connectivity index (χ4v) is 3.99. The second-order valence-electron chi connectivity index (χ2n) is 10.2. The molecule has 19 N–H and O–H groups in total. The zero-order valence-corrected chi connectivity index (χ0v) is 31.9. The first-order valence-corrected chi connectivity index (χ1v) is 16.5. The molecule has 27 nitrogen and oxygen atoms in total. The van der Waals surface area contributed by atoms with Gasteiger partial charge in [-0.2, -0.15) is 0 Å². The topological polar surface area (TPSA) is 515 Å². The average molecular weight is 854 g/mol. The summed E-state index contributed by atoms with van der Waals surface area (Å²) in [7, 11) is -5.32. The van der Waals surface area contributed by atoms with Crippen molar-refractivity contribution in [2.24, 2.45) is 0 Å². The molecule has 0 aromatic heterocycles. The molecule has 28 heteroatoms. The highest BCUT2D eigenvalue weighted by atomic mass is 31.2. The molecule has 1 aromatic rings. The monoisotopic (exact) mass is 853 g/mol. The number of non-ortho nitro benzene ring substituents is 1. The Labute approximate surface area is 324 Å². The first-order valence-electron chi connectivity index (χ1n) is 15.0. The molecule has 0 saturated heterocycles. The number of nitro benzene ring substituents is 1. The van der Waals surface area contributed by atoms with Crippen LogP contribution in [-0.4, -0.2) is 120 Å². The molecule has 0 aliphatic rings. The second kappa shape index (κ2) is 33.8. The first-order chi connectivity index (χ1) is 24.6. The lowest BCUT2D eigenvalue weighted by atomic mass is 9.96. The van der Waals surface area contributed by atoms with Gasteiger partial charge in [-0.3, -0.25) is 48.6 Å². The standard InChI is InChI=1S/C11H15O13P.C10H18O6.C8H7NO3.4H3N/c12-6(13)2-1-3-8(16)23-25(21,22)24-9(17)5-11(20,10(18)19)4-7(14)15;11-5-7-15-9(13)3-1-2-4-10(14)16-8-6-12;1-6(10)7-3-2-4-8(5-7)9(11)12;;;;/h20H,1-5H2,(H,12,13)(H,14,15)(H,18,19)(H,21,22);11-12H,1-8H2;2-5H,1H3;4*1H3. The van der Waals surface area contributed by atoms with Crippen molar-refractivity contribution < 1.29 is 102 Å². The van der Waals surface area contributed by atoms with Gasteiger partial charge in [-0.1, -0.05) is 12.1 Å². The minimum atomic E-state index is -5.32. The molecule has 0 fully saturated rings. The highest BCUT2D eigenvalue weighted by Crippen LogP contribution is 2.44. The van der Waals surface area contributed by atoms with Crippen LogP contribution in [0.1, 0.15) is 75.1 Å². The number of carboxylic acids is 3. The number of aliphatic carboxylic acids is 3. The molecule has 330 valence electrons. The lowest BCUT2D eigenvalue weighted by Crippen LogP contribution is -2.43. The van der Waals surface area contributed by atoms with E-state index in [0.717, 1.165) is 0 Å². The predicted octanol–water partition coefficient (Wildman–Crippen LogP) is 1.17. The number of ether oxygens (including phenoxy) is 2. The van der Waals surface area contributed by atoms with Crippen LogP contribution >= 0.6 is 7.82 Å². The average Bonchev–Trinajstić information content (AvgIpc) is 3.04. The van der Waals surface area contributed by atoms with E-state index >= 15 is 0 Å². The molecule has 1 aromatic carbocycles. The number of aliphatic hydroxyl groups is 3. The minimum Gasteiger partial charge on any atom is -0.481 e. The van der Waals surface area contributed by atoms with Gasteiger partial charge in [0.2, 0.25) is 0 Å². The summed E-state index contributed by atoms with van der Waals surface area (Å²) >= 11 is 0. The first kappa shape index (κ1) is 63.4. The summed E-state index contributed by atoms with van der Waals surface area (Å²) in [6.07, 6.45) is -2.59. The summed E-state index contributed by atoms with van der Waals surface area (Å²) in [4.78, 5) is 106. The molecule has 57 heavy (non-hydrogen) atoms. The van der Waals surface area contributed by atoms with Crippen LogP contribution in [0.3, 0.4) is 0 Å². The van der Waals surface area contributed by atoms with Crippen molar-refractivity contribution in [1.29, 1.82) is 0 Å². The number of unbranched alkanes of at least 4 members (excludes halogenated alkanes) is 1. The third-order valence-corrected chi connectivity index (χ3v) is 6.54. The molecular weight excluding hydrogens is 801 g/mol. The highest BCUT2D eigenvalue weighted by Gasteiger charge is 2.43. The van der Waals surface area contributed by atoms with Gasteiger partial charge in [0, 0.05) is 43.4 Å². The van der Waals surface area contributed by atoms with E-state index < -0.39 is 73.9 Å². The number of esters is 2. The number of nitro groups is 1. The number of hydrogen-bond donors (Lipinski definition) is 11. The van der Waals surface area contributed by atoms with Gasteiger partial charge in [-0.25, -0.2) is 9.36 Å². The summed E-state index contributed by atoms with van der Waals surface area (Å²) < 4.78 is 28.5. The SMILES string of the molecule is CC(=O)c1cccc([N+](=O)[O-])c1.N.N.N.N.O=C(CCCCC(=O)OCCO)OCCO.O=C(O)CCCC(=O)OP(=O)(O)OC(=O)CC(O)(CC(=O)O)C(=O)O. The zero-order chi connectivity index (χ0) is 41.2. The maximum Gasteiger partial charge on any atom is 0.589 e. The Hall–Kier alpha value is -5.51. The van der Waals surface area contributed by atoms with Gasteiger partial charge in [-0.05, 0) is 26.2 Å². The number of carboxylic acid groups (broad SMARTS) is 3. The van der Waals surface area contributed by atoms with E-state index in [2.05, 4.69) is 18.5 Å². The van der Waals surface area contributed by atoms with Crippen molar-refractivity contribution in [3.05, 3.63) is 39.9 Å². The predicted molar refractivity (Wildman–Crippen MR) is 191 cm³/mol. The molecule has 1 rings (SSSR count). The minimum absolute atomic E-state index is 0. The number of carbonyl (C=O) groups excluding carboxylic acids is 5. The van der Waals surface area contributed by atoms with Crippen molar-refractivity contribution in [2.75, 3.05) is 26.4 Å². The number of phosphoric ester groups is 1. The number of Topliss-reactive ketones (excluding diaryl/α,β-unsaturated/α-hetero) is 1. The molecule has 0 bridgehead atoms. The maximum absolute atomic E-state index is 11.4. The molecule has 0 amide bonds. The number of benzene rings is 1. The van der Waals surface area contributed by atoms with Gasteiger partial charge in [-0.15, -0.1) is 0 Å². The Kier molecular flexibility index (Phi) is 37.6. The molecule has 0 saturated carbocycles. The fourth-order valence-electron chi connectivity index (χ4n) is 3.28. The van der Waals surface area contributed by atoms with Gasteiger partial charge >= 0.3 is 49.6 Å². The van der Waals surface area contributed by atoms with Crippen LogP contribution in [0, 0.1) is 10.1 Å². The summed E-state index contributed by atoms with van der Waals surface area (Å²) in [6, 6.07) is 5.67. The Morgan fingerprint density at radius 3 is 1.56 bits per heavy atom. The molecule has 2 unspecified atom stereocenters. The van der Waals surface area contributed by atoms with Crippen molar-refractivity contribution >= 4 is 61.1 Å². The van der Waals surface area contributed by atoms with Crippen LogP contribution in [0.2, 0.25) is 0 Å². The number of carbonyl (C=O) groups is 8. The number of rotatable bonds is 22. The number of nitrogens with zero attached hydrogens (tertiary/aromatic N) is 1. The molecule has 0 radical (unpaired) electrons. The zero-order valence-electron chi connectivity index (χ0n) is 31.0. The quantitative estimate of drug-likeness (QED) is 0.0195. The maximum atomic E-state index is 11.4. The summed E-state index contributed by atoms with van der Waals surface area (Å²) in [5.41, 5.74) is -2.79. The molecule has 2 atom stereocenters. The van der Waals surface area contributed by atoms with Crippen molar-refractivity contribution in [3.63, 3.8) is 0 Å².